The van der Waals surface area contributed by atoms with Crippen LogP contribution in [0.2, 0.25) is 0 Å². The maximum atomic E-state index is 12.2. The molecule has 0 aliphatic carbocycles. The van der Waals surface area contributed by atoms with E-state index in [0.29, 0.717) is 29.9 Å². The molecule has 43 heavy (non-hydrogen) atoms. The van der Waals surface area contributed by atoms with Crippen LogP contribution in [0.25, 0.3) is 0 Å². The van der Waals surface area contributed by atoms with Crippen LogP contribution in [0.5, 0.6) is 5.75 Å². The zero-order chi connectivity index (χ0) is 30.1. The van der Waals surface area contributed by atoms with Crippen molar-refractivity contribution in [1.29, 1.82) is 0 Å². The van der Waals surface area contributed by atoms with Crippen molar-refractivity contribution in [3.05, 3.63) is 161 Å². The number of carbonyl (C=O) groups is 2. The van der Waals surface area contributed by atoms with Gasteiger partial charge in [-0.25, -0.2) is 0 Å². The van der Waals surface area contributed by atoms with Crippen molar-refractivity contribution in [1.82, 2.24) is 15.2 Å². The van der Waals surface area contributed by atoms with Crippen molar-refractivity contribution in [2.24, 2.45) is 0 Å². The molecule has 0 saturated carbocycles. The first kappa shape index (κ1) is 29.7. The molecule has 8 heteroatoms. The molecule has 1 atom stereocenters. The fourth-order valence-corrected chi connectivity index (χ4v) is 6.01. The van der Waals surface area contributed by atoms with Crippen molar-refractivity contribution in [3.8, 4) is 5.75 Å². The number of nitrogens with one attached hydrogen (secondary N) is 2. The molecular weight excluding hydrogens is 558 g/mol. The first-order valence-corrected chi connectivity index (χ1v) is 14.8. The standard InChI is InChI=1S/C35H33N3O4S/c1-42-31-22-20-26(21-23-31)32(34(40)41)19-11-18-30(25-39)38-24-33(43-37-38)36-35(27-12-5-2-6-13-27,28-14-7-3-8-15-28)29-16-9-4-10-17-29/h2-10,12-18,20-25,32,36-37H,11,19H2,1H3,(H,40,41). The van der Waals surface area contributed by atoms with Crippen LogP contribution in [0.1, 0.15) is 41.0 Å². The van der Waals surface area contributed by atoms with Gasteiger partial charge in [0.1, 0.15) is 16.3 Å². The number of aliphatic carboxylic acids is 1. The van der Waals surface area contributed by atoms with Gasteiger partial charge in [-0.05, 0) is 59.2 Å². The van der Waals surface area contributed by atoms with Gasteiger partial charge in [-0.3, -0.25) is 14.6 Å². The molecule has 0 saturated heterocycles. The van der Waals surface area contributed by atoms with E-state index in [0.717, 1.165) is 28.0 Å². The van der Waals surface area contributed by atoms with Crippen molar-refractivity contribution < 1.29 is 19.4 Å². The molecule has 0 aromatic heterocycles. The average molecular weight is 592 g/mol. The van der Waals surface area contributed by atoms with E-state index in [1.807, 2.05) is 60.8 Å². The second-order valence-electron chi connectivity index (χ2n) is 10.0. The third-order valence-corrected chi connectivity index (χ3v) is 8.17. The Balaban J connectivity index is 1.41. The van der Waals surface area contributed by atoms with Crippen LogP contribution in [0.4, 0.5) is 0 Å². The number of rotatable bonds is 13. The highest BCUT2D eigenvalue weighted by Crippen LogP contribution is 2.39. The maximum Gasteiger partial charge on any atom is 0.310 e. The third-order valence-electron chi connectivity index (χ3n) is 7.46. The molecular formula is C35H33N3O4S. The highest BCUT2D eigenvalue weighted by molar-refractivity contribution is 8.01. The summed E-state index contributed by atoms with van der Waals surface area (Å²) in [4.78, 5) is 27.4. The summed E-state index contributed by atoms with van der Waals surface area (Å²) in [5, 5.41) is 16.1. The average Bonchev–Trinajstić information content (AvgIpc) is 3.53. The maximum absolute atomic E-state index is 12.2. The van der Waals surface area contributed by atoms with E-state index in [1.165, 1.54) is 11.9 Å². The number of ether oxygens (including phenoxy) is 1. The fraction of sp³-hybridized carbons (Fsp3) is 0.143. The van der Waals surface area contributed by atoms with Gasteiger partial charge in [0.2, 0.25) is 0 Å². The molecule has 0 fully saturated rings. The van der Waals surface area contributed by atoms with Crippen LogP contribution in [0, 0.1) is 0 Å². The molecule has 0 spiro atoms. The molecule has 7 nitrogen and oxygen atoms in total. The van der Waals surface area contributed by atoms with E-state index in [1.54, 1.807) is 42.5 Å². The normalized spacial score (nSPS) is 14.1. The molecule has 5 rings (SSSR count). The molecule has 1 aliphatic heterocycles. The Morgan fingerprint density at radius 3 is 1.91 bits per heavy atom. The minimum atomic E-state index is -0.911. The van der Waals surface area contributed by atoms with Gasteiger partial charge in [-0.2, -0.15) is 4.83 Å². The molecule has 4 aromatic carbocycles. The lowest BCUT2D eigenvalue weighted by Gasteiger charge is -2.37. The Morgan fingerprint density at radius 2 is 1.44 bits per heavy atom. The molecule has 1 heterocycles. The van der Waals surface area contributed by atoms with Gasteiger partial charge in [0.05, 0.1) is 24.9 Å². The molecule has 218 valence electrons. The first-order chi connectivity index (χ1) is 21.0. The van der Waals surface area contributed by atoms with E-state index >= 15 is 0 Å². The first-order valence-electron chi connectivity index (χ1n) is 14.0. The van der Waals surface area contributed by atoms with Crippen LogP contribution in [-0.4, -0.2) is 29.5 Å². The van der Waals surface area contributed by atoms with E-state index in [2.05, 4.69) is 46.5 Å². The predicted octanol–water partition coefficient (Wildman–Crippen LogP) is 6.58. The van der Waals surface area contributed by atoms with Crippen molar-refractivity contribution in [3.63, 3.8) is 0 Å². The van der Waals surface area contributed by atoms with Gasteiger partial charge in [-0.1, -0.05) is 109 Å². The fourth-order valence-electron chi connectivity index (χ4n) is 5.29. The number of methoxy groups -OCH3 is 1. The van der Waals surface area contributed by atoms with Gasteiger partial charge in [-0.15, -0.1) is 0 Å². The lowest BCUT2D eigenvalue weighted by Crippen LogP contribution is -2.43. The number of carboxylic acids is 1. The van der Waals surface area contributed by atoms with Crippen LogP contribution < -0.4 is 14.9 Å². The molecule has 1 unspecified atom stereocenters. The molecule has 0 amide bonds. The van der Waals surface area contributed by atoms with E-state index in [4.69, 9.17) is 4.74 Å². The van der Waals surface area contributed by atoms with Gasteiger partial charge >= 0.3 is 5.97 Å². The van der Waals surface area contributed by atoms with Crippen LogP contribution in [0.15, 0.2) is 138 Å². The smallest absolute Gasteiger partial charge is 0.310 e. The number of hydrogen-bond acceptors (Lipinski definition) is 7. The Bertz CT molecular complexity index is 1480. The summed E-state index contributed by atoms with van der Waals surface area (Å²) >= 11 is 1.37. The minimum absolute atomic E-state index is 0.341. The Hall–Kier alpha value is -4.79. The Morgan fingerprint density at radius 1 is 0.907 bits per heavy atom. The second kappa shape index (κ2) is 13.9. The van der Waals surface area contributed by atoms with Gasteiger partial charge in [0.25, 0.3) is 0 Å². The number of allylic oxidation sites excluding steroid dienone is 2. The summed E-state index contributed by atoms with van der Waals surface area (Å²) in [6.45, 7) is 0. The number of benzene rings is 4. The highest BCUT2D eigenvalue weighted by atomic mass is 32.2. The summed E-state index contributed by atoms with van der Waals surface area (Å²) in [5.74, 6) is -0.945. The number of carbonyl (C=O) groups excluding carboxylic acids is 1. The Labute approximate surface area is 256 Å². The SMILES string of the molecule is COc1ccc(C(CCC=C(C=O)N2C=C(NC(c3ccccc3)(c3ccccc3)c3ccccc3)SN2)C(=O)O)cc1. The highest BCUT2D eigenvalue weighted by Gasteiger charge is 2.38. The molecule has 0 bridgehead atoms. The number of hydrogen-bond donors (Lipinski definition) is 3. The van der Waals surface area contributed by atoms with Crippen LogP contribution >= 0.6 is 11.9 Å². The summed E-state index contributed by atoms with van der Waals surface area (Å²) < 4.78 is 5.19. The molecule has 3 N–H and O–H groups in total. The quantitative estimate of drug-likeness (QED) is 0.0696. The predicted molar refractivity (Wildman–Crippen MR) is 170 cm³/mol. The van der Waals surface area contributed by atoms with E-state index < -0.39 is 17.4 Å². The largest absolute Gasteiger partial charge is 0.497 e. The number of nitrogens with zero attached hydrogens (tertiary/aromatic N) is 1. The third kappa shape index (κ3) is 6.66. The second-order valence-corrected chi connectivity index (χ2v) is 10.8. The number of hydrazine groups is 1. The van der Waals surface area contributed by atoms with Gasteiger partial charge in [0, 0.05) is 0 Å². The lowest BCUT2D eigenvalue weighted by molar-refractivity contribution is -0.139. The zero-order valence-corrected chi connectivity index (χ0v) is 24.5. The van der Waals surface area contributed by atoms with E-state index in [9.17, 15) is 14.7 Å². The zero-order valence-electron chi connectivity index (χ0n) is 23.7. The summed E-state index contributed by atoms with van der Waals surface area (Å²) in [6, 6.07) is 37.9. The van der Waals surface area contributed by atoms with Gasteiger partial charge in [0.15, 0.2) is 6.29 Å². The number of aldehydes is 1. The van der Waals surface area contributed by atoms with E-state index in [-0.39, 0.29) is 0 Å². The molecule has 0 radical (unpaired) electrons. The Kier molecular flexibility index (Phi) is 9.61. The summed E-state index contributed by atoms with van der Waals surface area (Å²) in [5.41, 5.74) is 3.58. The summed E-state index contributed by atoms with van der Waals surface area (Å²) in [7, 11) is 1.57. The topological polar surface area (TPSA) is 90.9 Å². The van der Waals surface area contributed by atoms with Crippen molar-refractivity contribution in [2.75, 3.05) is 7.11 Å². The lowest BCUT2D eigenvalue weighted by atomic mass is 9.77. The van der Waals surface area contributed by atoms with Gasteiger partial charge < -0.3 is 15.2 Å². The van der Waals surface area contributed by atoms with Crippen molar-refractivity contribution >= 4 is 24.2 Å². The molecule has 1 aliphatic rings. The van der Waals surface area contributed by atoms with Crippen LogP contribution in [0.3, 0.4) is 0 Å². The van der Waals surface area contributed by atoms with Crippen molar-refractivity contribution in [2.45, 2.75) is 24.3 Å². The summed E-state index contributed by atoms with van der Waals surface area (Å²) in [6.07, 6.45) is 5.13. The minimum Gasteiger partial charge on any atom is -0.497 e. The monoisotopic (exact) mass is 591 g/mol. The number of carboxylic acid groups (broad SMARTS) is 1. The van der Waals surface area contributed by atoms with Crippen LogP contribution in [-0.2, 0) is 15.1 Å². The molecule has 4 aromatic rings.